The van der Waals surface area contributed by atoms with E-state index in [9.17, 15) is 4.79 Å². The van der Waals surface area contributed by atoms with Gasteiger partial charge in [0, 0.05) is 12.8 Å². The van der Waals surface area contributed by atoms with Gasteiger partial charge in [0.05, 0.1) is 0 Å². The van der Waals surface area contributed by atoms with Crippen molar-refractivity contribution in [3.05, 3.63) is 12.2 Å². The van der Waals surface area contributed by atoms with Crippen LogP contribution in [0.5, 0.6) is 0 Å². The highest BCUT2D eigenvalue weighted by molar-refractivity contribution is 5.78. The third-order valence-electron chi connectivity index (χ3n) is 3.73. The molecule has 0 aliphatic heterocycles. The zero-order chi connectivity index (χ0) is 11.8. The van der Waals surface area contributed by atoms with Crippen molar-refractivity contribution in [1.29, 1.82) is 0 Å². The van der Waals surface area contributed by atoms with Crippen LogP contribution in [0.3, 0.4) is 0 Å². The van der Waals surface area contributed by atoms with Crippen LogP contribution in [-0.2, 0) is 4.79 Å². The molecule has 0 aromatic heterocycles. The first kappa shape index (κ1) is 13.5. The lowest BCUT2D eigenvalue weighted by molar-refractivity contribution is -0.119. The van der Waals surface area contributed by atoms with Gasteiger partial charge in [-0.3, -0.25) is 4.79 Å². The molecule has 0 bridgehead atoms. The maximum atomic E-state index is 11.6. The fourth-order valence-corrected chi connectivity index (χ4v) is 2.52. The number of carbonyl (C=O) groups is 1. The first-order chi connectivity index (χ1) is 7.70. The van der Waals surface area contributed by atoms with Crippen molar-refractivity contribution in [2.45, 2.75) is 71.1 Å². The Kier molecular flexibility index (Phi) is 6.44. The standard InChI is InChI=1S/C15H26O/c1-13(2)14-9-7-5-3-4-6-8-10-15(16)12-11-14/h14H,1,3-12H2,2H3. The fraction of sp³-hybridized carbons (Fsp3) is 0.800. The van der Waals surface area contributed by atoms with E-state index in [1.165, 1.54) is 44.1 Å². The molecule has 16 heavy (non-hydrogen) atoms. The Morgan fingerprint density at radius 1 is 1.00 bits per heavy atom. The van der Waals surface area contributed by atoms with Gasteiger partial charge < -0.3 is 0 Å². The van der Waals surface area contributed by atoms with Gasteiger partial charge in [0.1, 0.15) is 5.78 Å². The van der Waals surface area contributed by atoms with E-state index in [0.717, 1.165) is 25.7 Å². The second-order valence-electron chi connectivity index (χ2n) is 5.28. The van der Waals surface area contributed by atoms with Crippen LogP contribution in [0.25, 0.3) is 0 Å². The summed E-state index contributed by atoms with van der Waals surface area (Å²) in [5.74, 6) is 1.05. The molecule has 0 N–H and O–H groups in total. The Morgan fingerprint density at radius 3 is 2.31 bits per heavy atom. The molecule has 1 aliphatic carbocycles. The van der Waals surface area contributed by atoms with Gasteiger partial charge in [-0.25, -0.2) is 0 Å². The minimum absolute atomic E-state index is 0.465. The smallest absolute Gasteiger partial charge is 0.132 e. The molecule has 92 valence electrons. The van der Waals surface area contributed by atoms with E-state index >= 15 is 0 Å². The molecule has 0 saturated heterocycles. The van der Waals surface area contributed by atoms with Crippen LogP contribution in [0, 0.1) is 5.92 Å². The molecular formula is C15H26O. The summed E-state index contributed by atoms with van der Waals surface area (Å²) < 4.78 is 0. The molecule has 0 amide bonds. The Bertz CT molecular complexity index is 230. The number of hydrogen-bond donors (Lipinski definition) is 0. The summed E-state index contributed by atoms with van der Waals surface area (Å²) in [5.41, 5.74) is 1.27. The first-order valence-electron chi connectivity index (χ1n) is 6.87. The van der Waals surface area contributed by atoms with Crippen LogP contribution in [0.4, 0.5) is 0 Å². The van der Waals surface area contributed by atoms with E-state index in [2.05, 4.69) is 13.5 Å². The molecule has 1 atom stereocenters. The highest BCUT2D eigenvalue weighted by Gasteiger charge is 2.12. The number of Topliss-reactive ketones (excluding diaryl/α,β-unsaturated/α-hetero) is 1. The van der Waals surface area contributed by atoms with Gasteiger partial charge in [-0.1, -0.05) is 44.3 Å². The summed E-state index contributed by atoms with van der Waals surface area (Å²) in [6, 6.07) is 0. The van der Waals surface area contributed by atoms with Gasteiger partial charge in [-0.2, -0.15) is 0 Å². The van der Waals surface area contributed by atoms with E-state index in [4.69, 9.17) is 0 Å². The van der Waals surface area contributed by atoms with Gasteiger partial charge in [0.15, 0.2) is 0 Å². The third-order valence-corrected chi connectivity index (χ3v) is 3.73. The summed E-state index contributed by atoms with van der Waals surface area (Å²) in [6.45, 7) is 6.17. The molecule has 1 saturated carbocycles. The largest absolute Gasteiger partial charge is 0.300 e. The zero-order valence-corrected chi connectivity index (χ0v) is 10.8. The van der Waals surface area contributed by atoms with E-state index in [-0.39, 0.29) is 0 Å². The van der Waals surface area contributed by atoms with Crippen molar-refractivity contribution in [3.63, 3.8) is 0 Å². The second kappa shape index (κ2) is 7.65. The van der Waals surface area contributed by atoms with Gasteiger partial charge in [0.2, 0.25) is 0 Å². The average molecular weight is 222 g/mol. The Labute approximate surface area is 100 Å². The summed E-state index contributed by atoms with van der Waals surface area (Å²) in [4.78, 5) is 11.6. The molecule has 1 fully saturated rings. The fourth-order valence-electron chi connectivity index (χ4n) is 2.52. The molecule has 0 radical (unpaired) electrons. The molecule has 0 spiro atoms. The lowest BCUT2D eigenvalue weighted by Gasteiger charge is -2.17. The summed E-state index contributed by atoms with van der Waals surface area (Å²) in [6.07, 6.45) is 11.5. The maximum Gasteiger partial charge on any atom is 0.132 e. The number of rotatable bonds is 1. The summed E-state index contributed by atoms with van der Waals surface area (Å²) in [5, 5.41) is 0. The summed E-state index contributed by atoms with van der Waals surface area (Å²) >= 11 is 0. The molecule has 1 nitrogen and oxygen atoms in total. The first-order valence-corrected chi connectivity index (χ1v) is 6.87. The molecule has 1 unspecified atom stereocenters. The van der Waals surface area contributed by atoms with Gasteiger partial charge in [0.25, 0.3) is 0 Å². The van der Waals surface area contributed by atoms with Crippen LogP contribution in [0.15, 0.2) is 12.2 Å². The SMILES string of the molecule is C=C(C)C1CCCCCCCCC(=O)CC1. The molecule has 1 rings (SSSR count). The van der Waals surface area contributed by atoms with Crippen molar-refractivity contribution < 1.29 is 4.79 Å². The van der Waals surface area contributed by atoms with Crippen LogP contribution >= 0.6 is 0 Å². The van der Waals surface area contributed by atoms with Gasteiger partial charge >= 0.3 is 0 Å². The number of hydrogen-bond acceptors (Lipinski definition) is 1. The van der Waals surface area contributed by atoms with Crippen molar-refractivity contribution in [3.8, 4) is 0 Å². The lowest BCUT2D eigenvalue weighted by atomic mass is 9.88. The quantitative estimate of drug-likeness (QED) is 0.590. The minimum Gasteiger partial charge on any atom is -0.300 e. The Hall–Kier alpha value is -0.590. The monoisotopic (exact) mass is 222 g/mol. The zero-order valence-electron chi connectivity index (χ0n) is 10.8. The van der Waals surface area contributed by atoms with Crippen molar-refractivity contribution >= 4 is 5.78 Å². The number of ketones is 1. The minimum atomic E-state index is 0.465. The van der Waals surface area contributed by atoms with Crippen molar-refractivity contribution in [2.75, 3.05) is 0 Å². The number of carbonyl (C=O) groups excluding carboxylic acids is 1. The van der Waals surface area contributed by atoms with Crippen LogP contribution in [0.1, 0.15) is 71.1 Å². The molecule has 0 aromatic carbocycles. The van der Waals surface area contributed by atoms with E-state index in [1.807, 2.05) is 0 Å². The van der Waals surface area contributed by atoms with Crippen LogP contribution in [0.2, 0.25) is 0 Å². The van der Waals surface area contributed by atoms with Crippen molar-refractivity contribution in [1.82, 2.24) is 0 Å². The lowest BCUT2D eigenvalue weighted by Crippen LogP contribution is -2.07. The topological polar surface area (TPSA) is 17.1 Å². The van der Waals surface area contributed by atoms with Gasteiger partial charge in [-0.15, -0.1) is 0 Å². The highest BCUT2D eigenvalue weighted by Crippen LogP contribution is 2.24. The van der Waals surface area contributed by atoms with E-state index < -0.39 is 0 Å². The number of allylic oxidation sites excluding steroid dienone is 1. The Morgan fingerprint density at radius 2 is 1.62 bits per heavy atom. The average Bonchev–Trinajstić information content (AvgIpc) is 2.23. The molecule has 0 aromatic rings. The van der Waals surface area contributed by atoms with Crippen LogP contribution in [-0.4, -0.2) is 5.78 Å². The predicted octanol–water partition coefficient (Wildman–Crippen LogP) is 4.66. The third kappa shape index (κ3) is 5.48. The maximum absolute atomic E-state index is 11.6. The molecule has 1 aliphatic rings. The normalized spacial score (nSPS) is 25.6. The van der Waals surface area contributed by atoms with Gasteiger partial charge in [-0.05, 0) is 32.1 Å². The Balaban J connectivity index is 2.42. The van der Waals surface area contributed by atoms with E-state index in [0.29, 0.717) is 11.7 Å². The predicted molar refractivity (Wildman–Crippen MR) is 69.5 cm³/mol. The van der Waals surface area contributed by atoms with Crippen LogP contribution < -0.4 is 0 Å². The summed E-state index contributed by atoms with van der Waals surface area (Å²) in [7, 11) is 0. The van der Waals surface area contributed by atoms with Crippen molar-refractivity contribution in [2.24, 2.45) is 5.92 Å². The second-order valence-corrected chi connectivity index (χ2v) is 5.28. The molecular weight excluding hydrogens is 196 g/mol. The molecule has 0 heterocycles. The van der Waals surface area contributed by atoms with E-state index in [1.54, 1.807) is 0 Å². The highest BCUT2D eigenvalue weighted by atomic mass is 16.1. The molecule has 1 heteroatoms.